The highest BCUT2D eigenvalue weighted by atomic mass is 16.3. The number of furan rings is 1. The van der Waals surface area contributed by atoms with Crippen molar-refractivity contribution in [3.63, 3.8) is 0 Å². The smallest absolute Gasteiger partial charge is 0.247 e. The SMILES string of the molecule is c1ccc(-c2ccc(-c3nc4oc5ccccc5c4nc3-n3c4ccccc4c4cc5c(cc43)c3cccc4c3n5-c3ccccc3-c3ccccc3-4)cc2)cc1. The van der Waals surface area contributed by atoms with Crippen LogP contribution in [0.25, 0.3) is 122 Å². The van der Waals surface area contributed by atoms with Gasteiger partial charge >= 0.3 is 0 Å². The van der Waals surface area contributed by atoms with Crippen LogP contribution in [-0.2, 0) is 0 Å². The number of rotatable bonds is 3. The van der Waals surface area contributed by atoms with Crippen molar-refractivity contribution in [3.05, 3.63) is 182 Å². The largest absolute Gasteiger partial charge is 0.436 e. The lowest BCUT2D eigenvalue weighted by molar-refractivity contribution is 0.653. The van der Waals surface area contributed by atoms with E-state index in [-0.39, 0.29) is 0 Å². The third-order valence-corrected chi connectivity index (χ3v) is 11.9. The molecule has 0 fully saturated rings. The van der Waals surface area contributed by atoms with Gasteiger partial charge in [0.25, 0.3) is 0 Å². The topological polar surface area (TPSA) is 48.8 Å². The third kappa shape index (κ3) is 4.23. The third-order valence-electron chi connectivity index (χ3n) is 11.9. The Labute approximate surface area is 326 Å². The Hall–Kier alpha value is -7.76. The fourth-order valence-electron chi connectivity index (χ4n) is 9.39. The molecule has 57 heavy (non-hydrogen) atoms. The zero-order valence-electron chi connectivity index (χ0n) is 30.5. The molecule has 0 amide bonds. The maximum absolute atomic E-state index is 6.37. The van der Waals surface area contributed by atoms with Crippen molar-refractivity contribution in [1.82, 2.24) is 19.1 Å². The number of hydrogen-bond donors (Lipinski definition) is 0. The van der Waals surface area contributed by atoms with Crippen molar-refractivity contribution >= 4 is 65.8 Å². The minimum absolute atomic E-state index is 0.522. The number of benzene rings is 8. The first-order chi connectivity index (χ1) is 28.3. The highest BCUT2D eigenvalue weighted by Crippen LogP contribution is 2.48. The Morgan fingerprint density at radius 3 is 1.82 bits per heavy atom. The zero-order valence-corrected chi connectivity index (χ0v) is 30.5. The molecule has 0 bridgehead atoms. The van der Waals surface area contributed by atoms with Gasteiger partial charge in [0.1, 0.15) is 16.8 Å². The van der Waals surface area contributed by atoms with Crippen molar-refractivity contribution in [2.45, 2.75) is 0 Å². The molecular formula is C52H30N4O. The molecule has 5 heteroatoms. The first kappa shape index (κ1) is 30.6. The van der Waals surface area contributed by atoms with Crippen LogP contribution < -0.4 is 0 Å². The van der Waals surface area contributed by atoms with Gasteiger partial charge in [0.05, 0.1) is 27.8 Å². The number of aromatic nitrogens is 4. The lowest BCUT2D eigenvalue weighted by Gasteiger charge is -2.13. The van der Waals surface area contributed by atoms with Gasteiger partial charge in [-0.25, -0.2) is 9.97 Å². The molecule has 0 saturated heterocycles. The summed E-state index contributed by atoms with van der Waals surface area (Å²) in [6.07, 6.45) is 0. The van der Waals surface area contributed by atoms with Gasteiger partial charge in [0, 0.05) is 43.6 Å². The highest BCUT2D eigenvalue weighted by molar-refractivity contribution is 6.22. The van der Waals surface area contributed by atoms with Gasteiger partial charge in [-0.15, -0.1) is 0 Å². The summed E-state index contributed by atoms with van der Waals surface area (Å²) in [4.78, 5) is 10.8. The van der Waals surface area contributed by atoms with E-state index < -0.39 is 0 Å². The maximum atomic E-state index is 6.37. The Morgan fingerprint density at radius 1 is 0.386 bits per heavy atom. The Bertz CT molecular complexity index is 3630. The van der Waals surface area contributed by atoms with Crippen LogP contribution in [0.3, 0.4) is 0 Å². The molecule has 0 radical (unpaired) electrons. The van der Waals surface area contributed by atoms with Gasteiger partial charge in [-0.3, -0.25) is 4.57 Å². The molecule has 0 saturated carbocycles. The molecule has 0 N–H and O–H groups in total. The summed E-state index contributed by atoms with van der Waals surface area (Å²) in [7, 11) is 0. The Morgan fingerprint density at radius 2 is 0.982 bits per heavy atom. The van der Waals surface area contributed by atoms with Crippen LogP contribution in [0.4, 0.5) is 0 Å². The summed E-state index contributed by atoms with van der Waals surface area (Å²) in [6, 6.07) is 65.0. The standard InChI is InChI=1S/C52H30N4O/c1-2-13-31(14-3-1)32-25-27-33(28-26-32)48-51(53-49-40-19-8-11-24-47(40)57-52(49)54-48)56-44-23-10-7-18-37(44)41-29-45-42(30-46(41)56)39-21-12-20-38-35-16-5-4-15-34(35)36-17-6-9-22-43(36)55(45)50(38)39/h1-30H. The van der Waals surface area contributed by atoms with Crippen LogP contribution in [0, 0.1) is 0 Å². The van der Waals surface area contributed by atoms with E-state index in [1.165, 1.54) is 55.3 Å². The molecule has 0 unspecified atom stereocenters. The monoisotopic (exact) mass is 726 g/mol. The quantitative estimate of drug-likeness (QED) is 0.182. The van der Waals surface area contributed by atoms with Crippen molar-refractivity contribution in [2.24, 2.45) is 0 Å². The van der Waals surface area contributed by atoms with E-state index in [1.807, 2.05) is 24.3 Å². The molecule has 0 spiro atoms. The van der Waals surface area contributed by atoms with E-state index in [9.17, 15) is 0 Å². The van der Waals surface area contributed by atoms with Crippen molar-refractivity contribution in [3.8, 4) is 56.1 Å². The summed E-state index contributed by atoms with van der Waals surface area (Å²) in [5.41, 5.74) is 16.7. The number of para-hydroxylation sites is 4. The van der Waals surface area contributed by atoms with Crippen LogP contribution in [-0.4, -0.2) is 19.1 Å². The van der Waals surface area contributed by atoms with Gasteiger partial charge < -0.3 is 8.98 Å². The summed E-state index contributed by atoms with van der Waals surface area (Å²) < 4.78 is 11.2. The van der Waals surface area contributed by atoms with E-state index in [0.717, 1.165) is 60.9 Å². The first-order valence-corrected chi connectivity index (χ1v) is 19.3. The molecular weight excluding hydrogens is 697 g/mol. The average molecular weight is 727 g/mol. The maximum Gasteiger partial charge on any atom is 0.247 e. The number of fused-ring (bicyclic) bond motifs is 14. The fourth-order valence-corrected chi connectivity index (χ4v) is 9.39. The van der Waals surface area contributed by atoms with E-state index in [2.05, 4.69) is 167 Å². The molecule has 5 nitrogen and oxygen atoms in total. The van der Waals surface area contributed by atoms with Gasteiger partial charge in [-0.1, -0.05) is 146 Å². The second-order valence-corrected chi connectivity index (χ2v) is 14.9. The van der Waals surface area contributed by atoms with Gasteiger partial charge in [-0.2, -0.15) is 0 Å². The normalized spacial score (nSPS) is 12.2. The Balaban J connectivity index is 1.15. The predicted octanol–water partition coefficient (Wildman–Crippen LogP) is 13.6. The molecule has 4 aromatic heterocycles. The van der Waals surface area contributed by atoms with E-state index in [1.54, 1.807) is 0 Å². The van der Waals surface area contributed by atoms with Crippen LogP contribution in [0.5, 0.6) is 0 Å². The zero-order chi connectivity index (χ0) is 37.2. The van der Waals surface area contributed by atoms with Gasteiger partial charge in [0.2, 0.25) is 5.71 Å². The predicted molar refractivity (Wildman–Crippen MR) is 233 cm³/mol. The lowest BCUT2D eigenvalue weighted by Crippen LogP contribution is -2.03. The molecule has 12 aromatic rings. The minimum Gasteiger partial charge on any atom is -0.436 e. The summed E-state index contributed by atoms with van der Waals surface area (Å²) in [6.45, 7) is 0. The van der Waals surface area contributed by atoms with Gasteiger partial charge in [0.15, 0.2) is 5.82 Å². The van der Waals surface area contributed by atoms with Crippen LogP contribution in [0.2, 0.25) is 0 Å². The van der Waals surface area contributed by atoms with Crippen molar-refractivity contribution < 1.29 is 4.42 Å². The molecule has 0 atom stereocenters. The van der Waals surface area contributed by atoms with Crippen LogP contribution in [0.1, 0.15) is 0 Å². The Kier molecular flexibility index (Phi) is 6.10. The van der Waals surface area contributed by atoms with Crippen molar-refractivity contribution in [2.75, 3.05) is 0 Å². The van der Waals surface area contributed by atoms with Gasteiger partial charge in [-0.05, 0) is 58.7 Å². The van der Waals surface area contributed by atoms with E-state index >= 15 is 0 Å². The van der Waals surface area contributed by atoms with Crippen LogP contribution >= 0.6 is 0 Å². The second-order valence-electron chi connectivity index (χ2n) is 14.9. The summed E-state index contributed by atoms with van der Waals surface area (Å²) >= 11 is 0. The molecule has 1 aliphatic heterocycles. The number of nitrogens with zero attached hydrogens (tertiary/aromatic N) is 4. The average Bonchev–Trinajstić information content (AvgIpc) is 3.89. The minimum atomic E-state index is 0.522. The molecule has 0 aliphatic carbocycles. The first-order valence-electron chi connectivity index (χ1n) is 19.3. The van der Waals surface area contributed by atoms with E-state index in [4.69, 9.17) is 14.4 Å². The summed E-state index contributed by atoms with van der Waals surface area (Å²) in [5.74, 6) is 0.761. The highest BCUT2D eigenvalue weighted by Gasteiger charge is 2.27. The van der Waals surface area contributed by atoms with Crippen molar-refractivity contribution in [1.29, 1.82) is 0 Å². The fraction of sp³-hybridized carbons (Fsp3) is 0. The molecule has 264 valence electrons. The van der Waals surface area contributed by atoms with E-state index in [0.29, 0.717) is 5.71 Å². The summed E-state index contributed by atoms with van der Waals surface area (Å²) in [5, 5.41) is 5.66. The number of hydrogen-bond acceptors (Lipinski definition) is 3. The molecule has 5 heterocycles. The molecule has 13 rings (SSSR count). The molecule has 1 aliphatic rings. The second kappa shape index (κ2) is 11.4. The molecule has 8 aromatic carbocycles. The lowest BCUT2D eigenvalue weighted by atomic mass is 9.94. The van der Waals surface area contributed by atoms with Crippen LogP contribution in [0.15, 0.2) is 186 Å².